The van der Waals surface area contributed by atoms with Gasteiger partial charge in [0.1, 0.15) is 0 Å². The summed E-state index contributed by atoms with van der Waals surface area (Å²) < 4.78 is 38.3. The highest BCUT2D eigenvalue weighted by Crippen LogP contribution is 2.38. The topological polar surface area (TPSA) is 53.9 Å². The summed E-state index contributed by atoms with van der Waals surface area (Å²) in [7, 11) is 0. The third kappa shape index (κ3) is 4.45. The summed E-state index contributed by atoms with van der Waals surface area (Å²) in [5.41, 5.74) is 2.77. The molecule has 1 aliphatic heterocycles. The Balaban J connectivity index is 1.57. The summed E-state index contributed by atoms with van der Waals surface area (Å²) >= 11 is 1.69. The average Bonchev–Trinajstić information content (AvgIpc) is 3.06. The number of alkyl halides is 3. The summed E-state index contributed by atoms with van der Waals surface area (Å²) in [5.74, 6) is -3.24. The third-order valence-electron chi connectivity index (χ3n) is 4.28. The number of oxime groups is 1. The minimum Gasteiger partial charge on any atom is -0.350 e. The van der Waals surface area contributed by atoms with Crippen LogP contribution in [0.25, 0.3) is 0 Å². The number of thioether (sulfide) groups is 1. The Labute approximate surface area is 159 Å². The van der Waals surface area contributed by atoms with Crippen molar-refractivity contribution in [1.29, 1.82) is 0 Å². The van der Waals surface area contributed by atoms with Crippen molar-refractivity contribution in [3.63, 3.8) is 0 Å². The number of halogens is 3. The highest BCUT2D eigenvalue weighted by atomic mass is 32.2. The zero-order valence-electron chi connectivity index (χ0n) is 14.6. The maximum atomic E-state index is 12.8. The molecule has 1 heterocycles. The van der Waals surface area contributed by atoms with E-state index in [1.54, 1.807) is 23.9 Å². The van der Waals surface area contributed by atoms with E-state index in [4.69, 9.17) is 0 Å². The highest BCUT2D eigenvalue weighted by Gasteiger charge is 2.60. The van der Waals surface area contributed by atoms with Crippen LogP contribution in [0.3, 0.4) is 0 Å². The summed E-state index contributed by atoms with van der Waals surface area (Å²) in [6, 6.07) is 15.1. The molecule has 0 saturated heterocycles. The Morgan fingerprint density at radius 1 is 1.15 bits per heavy atom. The minimum atomic E-state index is -4.89. The average molecular weight is 396 g/mol. The van der Waals surface area contributed by atoms with Gasteiger partial charge in [-0.05, 0) is 29.0 Å². The summed E-state index contributed by atoms with van der Waals surface area (Å²) in [5, 5.41) is 16.3. The van der Waals surface area contributed by atoms with Gasteiger partial charge in [0.15, 0.2) is 0 Å². The second kappa shape index (κ2) is 7.92. The van der Waals surface area contributed by atoms with E-state index in [2.05, 4.69) is 27.4 Å². The van der Waals surface area contributed by atoms with Gasteiger partial charge in [0.05, 0.1) is 12.1 Å². The molecule has 0 bridgehead atoms. The molecule has 27 heavy (non-hydrogen) atoms. The standard InChI is InChI=1S/C19H19F3N2O2S/c1-27-17-5-3-2-4-15(17)12-23-11-13-6-8-14(9-7-13)16-10-18(25,26-24-16)19(20,21)22/h2-9,23,25H,10-12H2,1H3. The van der Waals surface area contributed by atoms with Crippen LogP contribution < -0.4 is 5.32 Å². The van der Waals surface area contributed by atoms with E-state index in [-0.39, 0.29) is 5.71 Å². The molecule has 8 heteroatoms. The number of nitrogens with one attached hydrogen (secondary N) is 1. The molecule has 1 aliphatic rings. The van der Waals surface area contributed by atoms with Gasteiger partial charge in [-0.3, -0.25) is 0 Å². The fourth-order valence-corrected chi connectivity index (χ4v) is 3.35. The van der Waals surface area contributed by atoms with Crippen molar-refractivity contribution >= 4 is 17.5 Å². The molecule has 1 atom stereocenters. The van der Waals surface area contributed by atoms with Crippen molar-refractivity contribution in [2.75, 3.05) is 6.26 Å². The predicted molar refractivity (Wildman–Crippen MR) is 98.5 cm³/mol. The molecule has 2 aromatic rings. The van der Waals surface area contributed by atoms with Gasteiger partial charge < -0.3 is 15.3 Å². The molecule has 0 spiro atoms. The van der Waals surface area contributed by atoms with Gasteiger partial charge in [0.25, 0.3) is 0 Å². The molecule has 1 unspecified atom stereocenters. The second-order valence-electron chi connectivity index (χ2n) is 6.20. The first-order chi connectivity index (χ1) is 12.8. The molecule has 0 aromatic heterocycles. The van der Waals surface area contributed by atoms with Crippen molar-refractivity contribution < 1.29 is 23.1 Å². The van der Waals surface area contributed by atoms with Crippen molar-refractivity contribution in [2.24, 2.45) is 5.16 Å². The predicted octanol–water partition coefficient (Wildman–Crippen LogP) is 4.07. The van der Waals surface area contributed by atoms with E-state index in [9.17, 15) is 18.3 Å². The van der Waals surface area contributed by atoms with Crippen LogP contribution in [0, 0.1) is 0 Å². The van der Waals surface area contributed by atoms with Crippen LogP contribution in [0.2, 0.25) is 0 Å². The van der Waals surface area contributed by atoms with Crippen LogP contribution in [-0.4, -0.2) is 29.0 Å². The van der Waals surface area contributed by atoms with Crippen molar-refractivity contribution in [2.45, 2.75) is 36.4 Å². The largest absolute Gasteiger partial charge is 0.458 e. The van der Waals surface area contributed by atoms with E-state index >= 15 is 0 Å². The first kappa shape index (κ1) is 19.7. The van der Waals surface area contributed by atoms with E-state index in [1.165, 1.54) is 10.5 Å². The van der Waals surface area contributed by atoms with Gasteiger partial charge in [-0.1, -0.05) is 47.6 Å². The van der Waals surface area contributed by atoms with Crippen LogP contribution in [0.15, 0.2) is 58.6 Å². The lowest BCUT2D eigenvalue weighted by Gasteiger charge is -2.22. The van der Waals surface area contributed by atoms with Gasteiger partial charge in [0.2, 0.25) is 0 Å². The lowest BCUT2D eigenvalue weighted by atomic mass is 10.0. The van der Waals surface area contributed by atoms with Crippen molar-refractivity contribution in [3.05, 3.63) is 65.2 Å². The Bertz CT molecular complexity index is 824. The SMILES string of the molecule is CSc1ccccc1CNCc1ccc(C2=NOC(O)(C(F)(F)F)C2)cc1. The van der Waals surface area contributed by atoms with Crippen LogP contribution in [0.5, 0.6) is 0 Å². The Kier molecular flexibility index (Phi) is 5.78. The Hall–Kier alpha value is -2.03. The number of hydrogen-bond acceptors (Lipinski definition) is 5. The van der Waals surface area contributed by atoms with Gasteiger partial charge in [0, 0.05) is 18.0 Å². The number of hydrogen-bond donors (Lipinski definition) is 2. The molecule has 2 aromatic carbocycles. The molecular weight excluding hydrogens is 377 g/mol. The van der Waals surface area contributed by atoms with E-state index < -0.39 is 18.4 Å². The number of nitrogens with zero attached hydrogens (tertiary/aromatic N) is 1. The quantitative estimate of drug-likeness (QED) is 0.723. The van der Waals surface area contributed by atoms with Gasteiger partial charge >= 0.3 is 12.0 Å². The van der Waals surface area contributed by atoms with Crippen LogP contribution in [0.1, 0.15) is 23.1 Å². The lowest BCUT2D eigenvalue weighted by Crippen LogP contribution is -2.45. The molecule has 0 saturated carbocycles. The molecule has 3 rings (SSSR count). The molecule has 2 N–H and O–H groups in total. The highest BCUT2D eigenvalue weighted by molar-refractivity contribution is 7.98. The number of benzene rings is 2. The van der Waals surface area contributed by atoms with Crippen molar-refractivity contribution in [1.82, 2.24) is 5.32 Å². The van der Waals surface area contributed by atoms with Crippen LogP contribution in [0.4, 0.5) is 13.2 Å². The summed E-state index contributed by atoms with van der Waals surface area (Å²) in [6.45, 7) is 1.34. The second-order valence-corrected chi connectivity index (χ2v) is 7.05. The molecule has 0 fully saturated rings. The van der Waals surface area contributed by atoms with Gasteiger partial charge in [-0.25, -0.2) is 0 Å². The first-order valence-corrected chi connectivity index (χ1v) is 9.51. The Morgan fingerprint density at radius 3 is 2.48 bits per heavy atom. The van der Waals surface area contributed by atoms with E-state index in [1.807, 2.05) is 30.5 Å². The van der Waals surface area contributed by atoms with Crippen LogP contribution in [-0.2, 0) is 17.9 Å². The molecule has 4 nitrogen and oxygen atoms in total. The van der Waals surface area contributed by atoms with Gasteiger partial charge in [-0.2, -0.15) is 13.2 Å². The molecule has 0 aliphatic carbocycles. The smallest absolute Gasteiger partial charge is 0.350 e. The lowest BCUT2D eigenvalue weighted by molar-refractivity contribution is -0.355. The summed E-state index contributed by atoms with van der Waals surface area (Å²) in [6.07, 6.45) is -3.58. The maximum absolute atomic E-state index is 12.8. The molecule has 144 valence electrons. The third-order valence-corrected chi connectivity index (χ3v) is 5.12. The number of rotatable bonds is 6. The zero-order valence-corrected chi connectivity index (χ0v) is 15.4. The summed E-state index contributed by atoms with van der Waals surface area (Å²) in [4.78, 5) is 5.46. The first-order valence-electron chi connectivity index (χ1n) is 8.28. The Morgan fingerprint density at radius 2 is 1.85 bits per heavy atom. The maximum Gasteiger partial charge on any atom is 0.458 e. The molecule has 0 radical (unpaired) electrons. The number of aliphatic hydroxyl groups is 1. The van der Waals surface area contributed by atoms with Crippen molar-refractivity contribution in [3.8, 4) is 0 Å². The monoisotopic (exact) mass is 396 g/mol. The fourth-order valence-electron chi connectivity index (χ4n) is 2.73. The minimum absolute atomic E-state index is 0.0724. The van der Waals surface area contributed by atoms with Crippen LogP contribution >= 0.6 is 11.8 Å². The van der Waals surface area contributed by atoms with Gasteiger partial charge in [-0.15, -0.1) is 11.8 Å². The molecule has 0 amide bonds. The van der Waals surface area contributed by atoms with E-state index in [0.717, 1.165) is 12.1 Å². The van der Waals surface area contributed by atoms with E-state index in [0.29, 0.717) is 12.1 Å². The molecular formula is C19H19F3N2O2S. The zero-order chi connectivity index (χ0) is 19.5. The fraction of sp³-hybridized carbons (Fsp3) is 0.316. The normalized spacial score (nSPS) is 19.7.